The fourth-order valence-electron chi connectivity index (χ4n) is 1.97. The van der Waals surface area contributed by atoms with Gasteiger partial charge >= 0.3 is 0 Å². The fourth-order valence-corrected chi connectivity index (χ4v) is 4.00. The summed E-state index contributed by atoms with van der Waals surface area (Å²) in [6, 6.07) is 3.19. The summed E-state index contributed by atoms with van der Waals surface area (Å²) in [5.74, 6) is 0.953. The maximum absolute atomic E-state index is 12.2. The summed E-state index contributed by atoms with van der Waals surface area (Å²) < 4.78 is 32.1. The SMILES string of the molecule is O=S(=O)(Nc1cc(N2CCOCC2)ncn1)c1ccsc1. The Hall–Kier alpha value is -1.71. The topological polar surface area (TPSA) is 84.4 Å². The maximum atomic E-state index is 12.2. The van der Waals surface area contributed by atoms with E-state index in [9.17, 15) is 8.42 Å². The number of hydrogen-bond acceptors (Lipinski definition) is 7. The second-order valence-corrected chi connectivity index (χ2v) is 6.89. The molecule has 0 spiro atoms. The third-order valence-corrected chi connectivity index (χ3v) is 5.22. The van der Waals surface area contributed by atoms with E-state index >= 15 is 0 Å². The zero-order chi connectivity index (χ0) is 14.7. The minimum Gasteiger partial charge on any atom is -0.378 e. The van der Waals surface area contributed by atoms with Crippen molar-refractivity contribution in [3.05, 3.63) is 29.2 Å². The van der Waals surface area contributed by atoms with Gasteiger partial charge < -0.3 is 9.64 Å². The fraction of sp³-hybridized carbons (Fsp3) is 0.333. The Labute approximate surface area is 126 Å². The molecule has 0 atom stereocenters. The Balaban J connectivity index is 1.80. The molecule has 112 valence electrons. The van der Waals surface area contributed by atoms with Crippen molar-refractivity contribution in [2.24, 2.45) is 0 Å². The zero-order valence-corrected chi connectivity index (χ0v) is 12.7. The highest BCUT2D eigenvalue weighted by Gasteiger charge is 2.17. The largest absolute Gasteiger partial charge is 0.378 e. The van der Waals surface area contributed by atoms with Crippen molar-refractivity contribution in [1.82, 2.24) is 9.97 Å². The van der Waals surface area contributed by atoms with Crippen molar-refractivity contribution in [2.45, 2.75) is 4.90 Å². The Morgan fingerprint density at radius 1 is 1.29 bits per heavy atom. The van der Waals surface area contributed by atoms with Gasteiger partial charge in [0.2, 0.25) is 0 Å². The van der Waals surface area contributed by atoms with Crippen LogP contribution in [0.1, 0.15) is 0 Å². The highest BCUT2D eigenvalue weighted by atomic mass is 32.2. The van der Waals surface area contributed by atoms with Crippen molar-refractivity contribution in [2.75, 3.05) is 35.9 Å². The van der Waals surface area contributed by atoms with Gasteiger partial charge in [-0.3, -0.25) is 4.72 Å². The Bertz CT molecular complexity index is 697. The molecule has 3 heterocycles. The summed E-state index contributed by atoms with van der Waals surface area (Å²) in [4.78, 5) is 10.4. The number of rotatable bonds is 4. The number of hydrogen-bond donors (Lipinski definition) is 1. The third kappa shape index (κ3) is 3.31. The van der Waals surface area contributed by atoms with Crippen LogP contribution in [-0.2, 0) is 14.8 Å². The molecule has 9 heteroatoms. The number of anilines is 2. The Kier molecular flexibility index (Phi) is 4.04. The van der Waals surface area contributed by atoms with Crippen LogP contribution in [0.15, 0.2) is 34.1 Å². The molecule has 1 fully saturated rings. The average Bonchev–Trinajstić information content (AvgIpc) is 3.03. The van der Waals surface area contributed by atoms with Crippen LogP contribution in [0, 0.1) is 0 Å². The molecule has 0 unspecified atom stereocenters. The van der Waals surface area contributed by atoms with Gasteiger partial charge in [-0.2, -0.15) is 11.3 Å². The van der Waals surface area contributed by atoms with Crippen LogP contribution in [0.4, 0.5) is 11.6 Å². The zero-order valence-electron chi connectivity index (χ0n) is 11.1. The molecule has 0 amide bonds. The minimum absolute atomic E-state index is 0.235. The summed E-state index contributed by atoms with van der Waals surface area (Å²) in [5, 5.41) is 3.29. The summed E-state index contributed by atoms with van der Waals surface area (Å²) in [7, 11) is -3.59. The number of aromatic nitrogens is 2. The van der Waals surface area contributed by atoms with Crippen molar-refractivity contribution in [3.63, 3.8) is 0 Å². The molecule has 0 bridgehead atoms. The van der Waals surface area contributed by atoms with Crippen molar-refractivity contribution in [1.29, 1.82) is 0 Å². The number of nitrogens with zero attached hydrogens (tertiary/aromatic N) is 3. The van der Waals surface area contributed by atoms with E-state index in [0.717, 1.165) is 13.1 Å². The van der Waals surface area contributed by atoms with Gasteiger partial charge in [-0.05, 0) is 11.4 Å². The van der Waals surface area contributed by atoms with Gasteiger partial charge in [0.25, 0.3) is 10.0 Å². The van der Waals surface area contributed by atoms with E-state index in [-0.39, 0.29) is 10.7 Å². The van der Waals surface area contributed by atoms with Crippen molar-refractivity contribution in [3.8, 4) is 0 Å². The predicted octanol–water partition coefficient (Wildman–Crippen LogP) is 1.18. The lowest BCUT2D eigenvalue weighted by Crippen LogP contribution is -2.36. The maximum Gasteiger partial charge on any atom is 0.263 e. The second-order valence-electron chi connectivity index (χ2n) is 4.43. The molecule has 2 aromatic heterocycles. The van der Waals surface area contributed by atoms with Crippen LogP contribution in [-0.4, -0.2) is 44.7 Å². The van der Waals surface area contributed by atoms with E-state index in [1.165, 1.54) is 17.7 Å². The first kappa shape index (κ1) is 14.2. The third-order valence-electron chi connectivity index (χ3n) is 3.03. The molecule has 1 N–H and O–H groups in total. The molecule has 0 aromatic carbocycles. The molecular weight excluding hydrogens is 312 g/mol. The predicted molar refractivity (Wildman–Crippen MR) is 80.2 cm³/mol. The number of ether oxygens (including phenoxy) is 1. The van der Waals surface area contributed by atoms with Gasteiger partial charge in [-0.15, -0.1) is 0 Å². The summed E-state index contributed by atoms with van der Waals surface area (Å²) >= 11 is 1.33. The standard InChI is InChI=1S/C12H14N4O3S2/c17-21(18,10-1-6-20-8-10)15-11-7-12(14-9-13-11)16-2-4-19-5-3-16/h1,6-9H,2-5H2,(H,13,14,15). The average molecular weight is 326 g/mol. The summed E-state index contributed by atoms with van der Waals surface area (Å²) in [6.07, 6.45) is 1.36. The Morgan fingerprint density at radius 2 is 2.10 bits per heavy atom. The molecule has 1 saturated heterocycles. The molecule has 1 aliphatic rings. The van der Waals surface area contributed by atoms with E-state index in [0.29, 0.717) is 19.0 Å². The van der Waals surface area contributed by atoms with E-state index < -0.39 is 10.0 Å². The van der Waals surface area contributed by atoms with Gasteiger partial charge in [-0.25, -0.2) is 18.4 Å². The van der Waals surface area contributed by atoms with Crippen LogP contribution in [0.25, 0.3) is 0 Å². The first-order valence-electron chi connectivity index (χ1n) is 6.35. The van der Waals surface area contributed by atoms with E-state index in [1.54, 1.807) is 22.9 Å². The minimum atomic E-state index is -3.59. The van der Waals surface area contributed by atoms with Crippen LogP contribution in [0.2, 0.25) is 0 Å². The van der Waals surface area contributed by atoms with E-state index in [2.05, 4.69) is 14.7 Å². The summed E-state index contributed by atoms with van der Waals surface area (Å²) in [6.45, 7) is 2.74. The lowest BCUT2D eigenvalue weighted by Gasteiger charge is -2.27. The number of nitrogens with one attached hydrogen (secondary N) is 1. The molecule has 1 aliphatic heterocycles. The van der Waals surface area contributed by atoms with Crippen LogP contribution in [0.3, 0.4) is 0 Å². The van der Waals surface area contributed by atoms with Crippen LogP contribution < -0.4 is 9.62 Å². The number of morpholine rings is 1. The quantitative estimate of drug-likeness (QED) is 0.908. The molecule has 3 rings (SSSR count). The molecule has 2 aromatic rings. The van der Waals surface area contributed by atoms with Gasteiger partial charge in [-0.1, -0.05) is 0 Å². The molecular formula is C12H14N4O3S2. The van der Waals surface area contributed by atoms with Crippen molar-refractivity contribution >= 4 is 33.0 Å². The van der Waals surface area contributed by atoms with E-state index in [4.69, 9.17) is 4.74 Å². The van der Waals surface area contributed by atoms with Gasteiger partial charge in [0, 0.05) is 24.5 Å². The highest BCUT2D eigenvalue weighted by Crippen LogP contribution is 2.20. The lowest BCUT2D eigenvalue weighted by atomic mass is 10.4. The first-order chi connectivity index (χ1) is 10.1. The molecule has 21 heavy (non-hydrogen) atoms. The van der Waals surface area contributed by atoms with Gasteiger partial charge in [0.1, 0.15) is 18.0 Å². The number of sulfonamides is 1. The van der Waals surface area contributed by atoms with Gasteiger partial charge in [0.15, 0.2) is 0 Å². The number of thiophene rings is 1. The normalized spacial score (nSPS) is 15.9. The monoisotopic (exact) mass is 326 g/mol. The molecule has 0 saturated carbocycles. The van der Waals surface area contributed by atoms with E-state index in [1.807, 2.05) is 4.90 Å². The molecule has 0 aliphatic carbocycles. The summed E-state index contributed by atoms with van der Waals surface area (Å²) in [5.41, 5.74) is 0. The van der Waals surface area contributed by atoms with Crippen molar-refractivity contribution < 1.29 is 13.2 Å². The molecule has 7 nitrogen and oxygen atoms in total. The van der Waals surface area contributed by atoms with Crippen LogP contribution in [0.5, 0.6) is 0 Å². The van der Waals surface area contributed by atoms with Gasteiger partial charge in [0.05, 0.1) is 18.1 Å². The Morgan fingerprint density at radius 3 is 2.81 bits per heavy atom. The second kappa shape index (κ2) is 5.96. The highest BCUT2D eigenvalue weighted by molar-refractivity contribution is 7.92. The lowest BCUT2D eigenvalue weighted by molar-refractivity contribution is 0.122. The smallest absolute Gasteiger partial charge is 0.263 e. The molecule has 0 radical (unpaired) electrons. The first-order valence-corrected chi connectivity index (χ1v) is 8.77. The van der Waals surface area contributed by atoms with Crippen LogP contribution >= 0.6 is 11.3 Å².